The minimum atomic E-state index is -2.03. The maximum absolute atomic E-state index is 15.2. The Bertz CT molecular complexity index is 1420. The summed E-state index contributed by atoms with van der Waals surface area (Å²) in [7, 11) is 3.14. The number of ether oxygens (including phenoxy) is 2. The molecule has 13 heteroatoms. The molecule has 52 heavy (non-hydrogen) atoms. The van der Waals surface area contributed by atoms with Gasteiger partial charge in [-0.2, -0.15) is 0 Å². The van der Waals surface area contributed by atoms with Crippen LogP contribution in [0.15, 0.2) is 23.5 Å². The first kappa shape index (κ1) is 37.9. The van der Waals surface area contributed by atoms with Crippen LogP contribution in [-0.4, -0.2) is 104 Å². The van der Waals surface area contributed by atoms with Crippen LogP contribution in [0.5, 0.6) is 0 Å². The van der Waals surface area contributed by atoms with Crippen molar-refractivity contribution in [1.82, 2.24) is 5.32 Å². The second kappa shape index (κ2) is 15.2. The summed E-state index contributed by atoms with van der Waals surface area (Å²) in [4.78, 5) is 29.9. The number of rotatable bonds is 2. The molecule has 8 rings (SSSR count). The number of hydrogen-bond donors (Lipinski definition) is 7. The molecule has 4 saturated carbocycles. The Hall–Kier alpha value is -1.00. The molecule has 5 unspecified atom stereocenters. The lowest BCUT2D eigenvalue weighted by molar-refractivity contribution is -0.705. The summed E-state index contributed by atoms with van der Waals surface area (Å²) in [5.74, 6) is -1.15. The third-order valence-electron chi connectivity index (χ3n) is 14.8. The molecule has 5 aliphatic carbocycles. The Balaban J connectivity index is 1.17. The van der Waals surface area contributed by atoms with Gasteiger partial charge >= 0.3 is 0 Å². The molecule has 7 fully saturated rings. The number of nitrogens with one attached hydrogen (secondary N) is 1. The number of Topliss-reactive ketones (excluding diaryl/α,β-unsaturated/α-hetero) is 2. The number of nitrogens with two attached hydrogens (primary N) is 1. The zero-order chi connectivity index (χ0) is 36.3. The molecule has 11 nitrogen and oxygen atoms in total. The van der Waals surface area contributed by atoms with Crippen molar-refractivity contribution in [2.45, 2.75) is 139 Å². The number of piperidine rings is 1. The van der Waals surface area contributed by atoms with E-state index in [-0.39, 0.29) is 52.9 Å². The van der Waals surface area contributed by atoms with E-state index in [9.17, 15) is 30.3 Å². The lowest BCUT2D eigenvalue weighted by Crippen LogP contribution is -2.95. The van der Waals surface area contributed by atoms with Crippen molar-refractivity contribution in [3.8, 4) is 0 Å². The van der Waals surface area contributed by atoms with E-state index in [1.807, 2.05) is 6.08 Å². The van der Waals surface area contributed by atoms with Gasteiger partial charge in [-0.05, 0) is 73.8 Å². The van der Waals surface area contributed by atoms with Gasteiger partial charge in [0.1, 0.15) is 47.0 Å². The number of carbonyl (C=O) groups excluding carboxylic acids is 2. The maximum Gasteiger partial charge on any atom is 0.187 e. The molecule has 2 spiro atoms. The van der Waals surface area contributed by atoms with Crippen molar-refractivity contribution in [1.29, 1.82) is 0 Å². The predicted octanol–water partition coefficient (Wildman–Crippen LogP) is 2.87. The van der Waals surface area contributed by atoms with E-state index in [4.69, 9.17) is 9.47 Å². The van der Waals surface area contributed by atoms with Gasteiger partial charge < -0.3 is 40.3 Å². The molecule has 3 heterocycles. The summed E-state index contributed by atoms with van der Waals surface area (Å²) >= 11 is 0. The SMILES string of the molecule is O=C1C2CCCC3O[C@H]4O[C@H](CO)[C@@H](O)[C@@](O)(CC5(CCCC5)C5CC[NH2+]C(C5)NCSSC[C@@]5(C(=O)C32)C(O)=CC(C2CCCCC2)=C[C@H]15)[C@H]4O. The van der Waals surface area contributed by atoms with Crippen LogP contribution >= 0.6 is 21.6 Å². The molecular weight excluding hydrogens is 705 g/mol. The maximum atomic E-state index is 15.2. The third-order valence-corrected chi connectivity index (χ3v) is 17.0. The van der Waals surface area contributed by atoms with Crippen molar-refractivity contribution < 1.29 is 49.9 Å². The first-order chi connectivity index (χ1) is 25.1. The van der Waals surface area contributed by atoms with Crippen LogP contribution < -0.4 is 10.6 Å². The number of fused-ring (bicyclic) bond motifs is 5. The summed E-state index contributed by atoms with van der Waals surface area (Å²) in [6, 6.07) is 0. The summed E-state index contributed by atoms with van der Waals surface area (Å²) in [6.07, 6.45) is 10.1. The van der Waals surface area contributed by atoms with Gasteiger partial charge in [0, 0.05) is 24.5 Å². The van der Waals surface area contributed by atoms with Gasteiger partial charge in [0.2, 0.25) is 0 Å². The summed E-state index contributed by atoms with van der Waals surface area (Å²) in [6.45, 7) is 0.328. The molecule has 3 saturated heterocycles. The first-order valence-corrected chi connectivity index (χ1v) is 22.6. The number of allylic oxidation sites excluding steroid dienone is 4. The number of ketones is 2. The van der Waals surface area contributed by atoms with E-state index in [1.54, 1.807) is 16.9 Å². The Morgan fingerprint density at radius 1 is 0.942 bits per heavy atom. The van der Waals surface area contributed by atoms with E-state index >= 15 is 4.79 Å². The topological polar surface area (TPSA) is 182 Å². The van der Waals surface area contributed by atoms with Gasteiger partial charge in [-0.3, -0.25) is 14.9 Å². The lowest BCUT2D eigenvalue weighted by atomic mass is 9.52. The van der Waals surface area contributed by atoms with Crippen LogP contribution in [0, 0.1) is 40.4 Å². The number of carbonyl (C=O) groups is 2. The lowest BCUT2D eigenvalue weighted by Gasteiger charge is -2.54. The van der Waals surface area contributed by atoms with Crippen molar-refractivity contribution in [2.24, 2.45) is 40.4 Å². The summed E-state index contributed by atoms with van der Waals surface area (Å²) in [5.41, 5.74) is -2.80. The van der Waals surface area contributed by atoms with Gasteiger partial charge in [0.25, 0.3) is 0 Å². The zero-order valence-corrected chi connectivity index (χ0v) is 31.8. The average molecular weight is 764 g/mol. The van der Waals surface area contributed by atoms with Gasteiger partial charge in [-0.15, -0.1) is 0 Å². The summed E-state index contributed by atoms with van der Waals surface area (Å²) < 4.78 is 12.6. The van der Waals surface area contributed by atoms with Crippen LogP contribution in [0.1, 0.15) is 96.3 Å². The quantitative estimate of drug-likeness (QED) is 0.205. The van der Waals surface area contributed by atoms with Crippen LogP contribution in [0.3, 0.4) is 0 Å². The molecule has 6 bridgehead atoms. The smallest absolute Gasteiger partial charge is 0.187 e. The van der Waals surface area contributed by atoms with Gasteiger partial charge in [-0.25, -0.2) is 0 Å². The molecule has 12 atom stereocenters. The number of quaternary nitrogens is 1. The Morgan fingerprint density at radius 3 is 2.50 bits per heavy atom. The van der Waals surface area contributed by atoms with E-state index in [1.165, 1.54) is 17.2 Å². The summed E-state index contributed by atoms with van der Waals surface area (Å²) in [5, 5.41) is 64.6. The molecule has 8 N–H and O–H groups in total. The predicted molar refractivity (Wildman–Crippen MR) is 197 cm³/mol. The molecule has 0 aromatic rings. The fourth-order valence-corrected chi connectivity index (χ4v) is 14.3. The molecule has 290 valence electrons. The molecule has 8 aliphatic rings. The van der Waals surface area contributed by atoms with Crippen LogP contribution in [0.2, 0.25) is 0 Å². The standard InChI is InChI=1S/C39H58N2O9S2/c42-18-28-33(45)39(48)19-37(12-4-5-13-37)24-11-14-40-30(17-24)41-21-52-51-20-38-26(15-23(16-29(38)43)22-7-2-1-3-8-22)32(44)25-9-6-10-27(31(25)34(38)46)49-36(50-28)35(39)47/h15-16,22,24-28,30-31,33,35-36,40-43,45,47-48H,1-14,17-21H2/p+1/t24?,25?,26-,27?,28-,30?,31?,33-,35+,36+,38+,39+/m1/s1. The van der Waals surface area contributed by atoms with E-state index in [2.05, 4.69) is 10.6 Å². The van der Waals surface area contributed by atoms with Crippen molar-refractivity contribution in [2.75, 3.05) is 24.8 Å². The fourth-order valence-electron chi connectivity index (χ4n) is 12.0. The fraction of sp³-hybridized carbons (Fsp3) is 0.846. The molecule has 0 aromatic heterocycles. The van der Waals surface area contributed by atoms with Crippen molar-refractivity contribution in [3.63, 3.8) is 0 Å². The molecule has 0 aromatic carbocycles. The highest BCUT2D eigenvalue weighted by molar-refractivity contribution is 8.76. The van der Waals surface area contributed by atoms with Crippen molar-refractivity contribution >= 4 is 33.2 Å². The van der Waals surface area contributed by atoms with Gasteiger partial charge in [-0.1, -0.05) is 66.2 Å². The van der Waals surface area contributed by atoms with Gasteiger partial charge in [0.15, 0.2) is 12.1 Å². The van der Waals surface area contributed by atoms with Crippen LogP contribution in [-0.2, 0) is 19.1 Å². The molecule has 0 amide bonds. The Labute approximate surface area is 314 Å². The first-order valence-electron chi connectivity index (χ1n) is 20.1. The zero-order valence-electron chi connectivity index (χ0n) is 30.2. The van der Waals surface area contributed by atoms with E-state index < -0.39 is 66.1 Å². The van der Waals surface area contributed by atoms with E-state index in [0.717, 1.165) is 76.3 Å². The number of hydrogen-bond acceptors (Lipinski definition) is 12. The van der Waals surface area contributed by atoms with Gasteiger partial charge in [0.05, 0.1) is 37.0 Å². The third kappa shape index (κ3) is 6.38. The molecular formula is C39H59N2O9S2+. The Morgan fingerprint density at radius 2 is 1.73 bits per heavy atom. The van der Waals surface area contributed by atoms with Crippen LogP contribution in [0.4, 0.5) is 0 Å². The molecule has 0 radical (unpaired) electrons. The average Bonchev–Trinajstić information content (AvgIpc) is 3.64. The largest absolute Gasteiger partial charge is 0.511 e. The van der Waals surface area contributed by atoms with Crippen LogP contribution in [0.25, 0.3) is 0 Å². The normalized spacial score (nSPS) is 46.1. The number of aliphatic hydroxyl groups excluding tert-OH is 4. The number of aliphatic hydroxyl groups is 5. The second-order valence-corrected chi connectivity index (χ2v) is 19.9. The van der Waals surface area contributed by atoms with E-state index in [0.29, 0.717) is 25.1 Å². The minimum Gasteiger partial charge on any atom is -0.511 e. The highest BCUT2D eigenvalue weighted by atomic mass is 33.1. The highest BCUT2D eigenvalue weighted by Crippen LogP contribution is 2.58. The Kier molecular flexibility index (Phi) is 11.0. The highest BCUT2D eigenvalue weighted by Gasteiger charge is 2.65. The monoisotopic (exact) mass is 763 g/mol. The second-order valence-electron chi connectivity index (χ2n) is 17.4. The molecule has 3 aliphatic heterocycles. The van der Waals surface area contributed by atoms with Crippen molar-refractivity contribution in [3.05, 3.63) is 23.5 Å². The minimum absolute atomic E-state index is 0.0331.